The molecule has 6 nitrogen and oxygen atoms in total. The van der Waals surface area contributed by atoms with Crippen LogP contribution in [0.4, 0.5) is 10.5 Å². The van der Waals surface area contributed by atoms with Gasteiger partial charge in [-0.25, -0.2) is 15.2 Å². The summed E-state index contributed by atoms with van der Waals surface area (Å²) in [6.07, 6.45) is 3.45. The zero-order valence-corrected chi connectivity index (χ0v) is 15.9. The number of benzene rings is 1. The van der Waals surface area contributed by atoms with Gasteiger partial charge in [0.2, 0.25) is 0 Å². The molecule has 138 valence electrons. The van der Waals surface area contributed by atoms with E-state index in [4.69, 9.17) is 0 Å². The number of nitrogens with one attached hydrogen (secondary N) is 2. The fourth-order valence-corrected chi connectivity index (χ4v) is 2.94. The first-order chi connectivity index (χ1) is 13.0. The van der Waals surface area contributed by atoms with Crippen molar-refractivity contribution in [3.63, 3.8) is 0 Å². The normalized spacial score (nSPS) is 11.0. The molecule has 0 aliphatic carbocycles. The zero-order valence-electron chi connectivity index (χ0n) is 15.9. The highest BCUT2D eigenvalue weighted by atomic mass is 16.2. The third-order valence-electron chi connectivity index (χ3n) is 4.36. The molecule has 3 rings (SSSR count). The smallest absolute Gasteiger partial charge is 0.306 e. The van der Waals surface area contributed by atoms with Crippen molar-refractivity contribution in [1.29, 1.82) is 0 Å². The van der Waals surface area contributed by atoms with Gasteiger partial charge in [0.15, 0.2) is 0 Å². The number of anilines is 1. The van der Waals surface area contributed by atoms with Gasteiger partial charge in [-0.05, 0) is 63.1 Å². The maximum atomic E-state index is 12.0. The molecular weight excluding hydrogens is 338 g/mol. The van der Waals surface area contributed by atoms with Crippen LogP contribution < -0.4 is 10.7 Å². The number of carbonyl (C=O) groups is 1. The number of carbonyl (C=O) groups excluding carboxylic acids is 1. The molecule has 0 aliphatic rings. The van der Waals surface area contributed by atoms with E-state index in [0.29, 0.717) is 0 Å². The Morgan fingerprint density at radius 3 is 2.63 bits per heavy atom. The van der Waals surface area contributed by atoms with Crippen molar-refractivity contribution in [3.8, 4) is 5.82 Å². The molecule has 0 fully saturated rings. The minimum atomic E-state index is -0.380. The number of amides is 2. The van der Waals surface area contributed by atoms with Crippen LogP contribution in [0.1, 0.15) is 28.1 Å². The maximum Gasteiger partial charge on any atom is 0.339 e. The number of hydrazone groups is 1. The van der Waals surface area contributed by atoms with Crippen LogP contribution in [0.2, 0.25) is 0 Å². The summed E-state index contributed by atoms with van der Waals surface area (Å²) in [6, 6.07) is 13.2. The van der Waals surface area contributed by atoms with Crippen LogP contribution in [0.5, 0.6) is 0 Å². The summed E-state index contributed by atoms with van der Waals surface area (Å²) in [5.41, 5.74) is 8.39. The van der Waals surface area contributed by atoms with Gasteiger partial charge in [-0.1, -0.05) is 18.2 Å². The van der Waals surface area contributed by atoms with Gasteiger partial charge in [0.25, 0.3) is 0 Å². The molecule has 2 aromatic heterocycles. The highest BCUT2D eigenvalue weighted by Crippen LogP contribution is 2.19. The fraction of sp³-hybridized carbons (Fsp3) is 0.190. The van der Waals surface area contributed by atoms with Gasteiger partial charge in [-0.2, -0.15) is 5.10 Å². The first-order valence-corrected chi connectivity index (χ1v) is 8.73. The number of rotatable bonds is 4. The van der Waals surface area contributed by atoms with Gasteiger partial charge < -0.3 is 9.88 Å². The molecule has 3 aromatic rings. The van der Waals surface area contributed by atoms with Crippen LogP contribution in [0, 0.1) is 27.7 Å². The summed E-state index contributed by atoms with van der Waals surface area (Å²) in [7, 11) is 0. The lowest BCUT2D eigenvalue weighted by Gasteiger charge is -2.09. The summed E-state index contributed by atoms with van der Waals surface area (Å²) in [4.78, 5) is 16.5. The lowest BCUT2D eigenvalue weighted by molar-refractivity contribution is 0.252. The van der Waals surface area contributed by atoms with Crippen molar-refractivity contribution in [2.75, 3.05) is 5.32 Å². The Hall–Kier alpha value is -3.41. The third-order valence-corrected chi connectivity index (χ3v) is 4.36. The number of pyridine rings is 1. The Morgan fingerprint density at radius 2 is 1.89 bits per heavy atom. The Kier molecular flexibility index (Phi) is 5.35. The second-order valence-electron chi connectivity index (χ2n) is 6.49. The van der Waals surface area contributed by atoms with Gasteiger partial charge in [0.05, 0.1) is 6.21 Å². The van der Waals surface area contributed by atoms with E-state index in [1.54, 1.807) is 12.4 Å². The van der Waals surface area contributed by atoms with Crippen LogP contribution in [0.3, 0.4) is 0 Å². The zero-order chi connectivity index (χ0) is 19.4. The number of hydrogen-bond donors (Lipinski definition) is 2. The highest BCUT2D eigenvalue weighted by Gasteiger charge is 2.10. The Bertz CT molecular complexity index is 1000. The molecule has 0 atom stereocenters. The first-order valence-electron chi connectivity index (χ1n) is 8.73. The second kappa shape index (κ2) is 7.86. The SMILES string of the molecule is Cc1ccnc(-n2c(C)cc(C=NNC(=O)Nc3ccccc3C)c2C)c1. The van der Waals surface area contributed by atoms with Crippen LogP contribution in [-0.4, -0.2) is 21.8 Å². The fourth-order valence-electron chi connectivity index (χ4n) is 2.94. The molecule has 0 unspecified atom stereocenters. The Morgan fingerprint density at radius 1 is 1.11 bits per heavy atom. The molecule has 0 spiro atoms. The van der Waals surface area contributed by atoms with E-state index in [9.17, 15) is 4.79 Å². The summed E-state index contributed by atoms with van der Waals surface area (Å²) in [5, 5.41) is 6.85. The van der Waals surface area contributed by atoms with E-state index in [0.717, 1.165) is 39.6 Å². The van der Waals surface area contributed by atoms with Crippen molar-refractivity contribution in [2.45, 2.75) is 27.7 Å². The quantitative estimate of drug-likeness (QED) is 0.538. The van der Waals surface area contributed by atoms with Crippen LogP contribution in [-0.2, 0) is 0 Å². The van der Waals surface area contributed by atoms with E-state index in [2.05, 4.69) is 25.4 Å². The van der Waals surface area contributed by atoms with Gasteiger partial charge >= 0.3 is 6.03 Å². The number of urea groups is 1. The van der Waals surface area contributed by atoms with Crippen LogP contribution in [0.15, 0.2) is 53.8 Å². The molecule has 0 radical (unpaired) electrons. The first kappa shape index (κ1) is 18.4. The number of para-hydroxylation sites is 1. The molecule has 0 saturated heterocycles. The predicted molar refractivity (Wildman–Crippen MR) is 109 cm³/mol. The van der Waals surface area contributed by atoms with Crippen LogP contribution >= 0.6 is 0 Å². The average Bonchev–Trinajstić information content (AvgIpc) is 2.91. The minimum Gasteiger partial charge on any atom is -0.306 e. The second-order valence-corrected chi connectivity index (χ2v) is 6.49. The summed E-state index contributed by atoms with van der Waals surface area (Å²) in [6.45, 7) is 8.00. The number of hydrogen-bond acceptors (Lipinski definition) is 3. The largest absolute Gasteiger partial charge is 0.339 e. The molecule has 2 N–H and O–H groups in total. The van der Waals surface area contributed by atoms with E-state index in [1.807, 2.05) is 70.2 Å². The summed E-state index contributed by atoms with van der Waals surface area (Å²) < 4.78 is 2.07. The number of aryl methyl sites for hydroxylation is 3. The van der Waals surface area contributed by atoms with Crippen molar-refractivity contribution < 1.29 is 4.79 Å². The maximum absolute atomic E-state index is 12.0. The molecule has 1 aromatic carbocycles. The standard InChI is InChI=1S/C21H23N5O/c1-14-9-10-22-20(11-14)26-16(3)12-18(17(26)4)13-23-25-21(27)24-19-8-6-5-7-15(19)2/h5-13H,1-4H3,(H2,24,25,27). The van der Waals surface area contributed by atoms with Crippen LogP contribution in [0.25, 0.3) is 5.82 Å². The van der Waals surface area contributed by atoms with Gasteiger partial charge in [0, 0.05) is 28.8 Å². The van der Waals surface area contributed by atoms with Gasteiger partial charge in [-0.15, -0.1) is 0 Å². The summed E-state index contributed by atoms with van der Waals surface area (Å²) >= 11 is 0. The molecule has 27 heavy (non-hydrogen) atoms. The minimum absolute atomic E-state index is 0.380. The Labute approximate surface area is 159 Å². The van der Waals surface area contributed by atoms with E-state index in [-0.39, 0.29) is 6.03 Å². The monoisotopic (exact) mass is 361 g/mol. The van der Waals surface area contributed by atoms with E-state index < -0.39 is 0 Å². The molecule has 0 saturated carbocycles. The van der Waals surface area contributed by atoms with Crippen molar-refractivity contribution in [1.82, 2.24) is 15.0 Å². The highest BCUT2D eigenvalue weighted by molar-refractivity contribution is 5.91. The molecule has 0 bridgehead atoms. The Balaban J connectivity index is 1.72. The van der Waals surface area contributed by atoms with Crippen molar-refractivity contribution >= 4 is 17.9 Å². The molecular formula is C21H23N5O. The number of aromatic nitrogens is 2. The average molecular weight is 361 g/mol. The molecule has 0 aliphatic heterocycles. The molecule has 2 heterocycles. The number of nitrogens with zero attached hydrogens (tertiary/aromatic N) is 3. The van der Waals surface area contributed by atoms with Crippen molar-refractivity contribution in [3.05, 3.63) is 76.7 Å². The predicted octanol–water partition coefficient (Wildman–Crippen LogP) is 4.26. The lowest BCUT2D eigenvalue weighted by atomic mass is 10.2. The molecule has 6 heteroatoms. The lowest BCUT2D eigenvalue weighted by Crippen LogP contribution is -2.24. The van der Waals surface area contributed by atoms with Gasteiger partial charge in [-0.3, -0.25) is 0 Å². The summed E-state index contributed by atoms with van der Waals surface area (Å²) in [5.74, 6) is 0.870. The van der Waals surface area contributed by atoms with Gasteiger partial charge in [0.1, 0.15) is 5.82 Å². The topological polar surface area (TPSA) is 71.3 Å². The third kappa shape index (κ3) is 4.23. The van der Waals surface area contributed by atoms with Crippen molar-refractivity contribution in [2.24, 2.45) is 5.10 Å². The molecule has 2 amide bonds. The van der Waals surface area contributed by atoms with E-state index >= 15 is 0 Å². The van der Waals surface area contributed by atoms with E-state index in [1.165, 1.54) is 0 Å².